The first-order valence-corrected chi connectivity index (χ1v) is 4.66. The SMILES string of the molecule is NCCNc1ccc([N+](=O)[O-])cc1C(F)(F)F. The number of rotatable bonds is 4. The van der Waals surface area contributed by atoms with E-state index >= 15 is 0 Å². The minimum Gasteiger partial charge on any atom is -0.383 e. The van der Waals surface area contributed by atoms with Crippen molar-refractivity contribution in [2.75, 3.05) is 18.4 Å². The predicted octanol–water partition coefficient (Wildman–Crippen LogP) is 1.98. The summed E-state index contributed by atoms with van der Waals surface area (Å²) >= 11 is 0. The number of non-ortho nitro benzene ring substituents is 1. The number of nitrogens with zero attached hydrogens (tertiary/aromatic N) is 1. The number of anilines is 1. The Balaban J connectivity index is 3.17. The normalized spacial score (nSPS) is 11.3. The first kappa shape index (κ1) is 13.2. The predicted molar refractivity (Wildman–Crippen MR) is 55.6 cm³/mol. The second-order valence-corrected chi connectivity index (χ2v) is 3.20. The summed E-state index contributed by atoms with van der Waals surface area (Å²) in [6.45, 7) is 0.315. The van der Waals surface area contributed by atoms with E-state index in [1.807, 2.05) is 0 Å². The van der Waals surface area contributed by atoms with Gasteiger partial charge in [-0.05, 0) is 6.07 Å². The highest BCUT2D eigenvalue weighted by molar-refractivity contribution is 5.57. The molecule has 0 aromatic heterocycles. The molecule has 0 unspecified atom stereocenters. The van der Waals surface area contributed by atoms with Crippen molar-refractivity contribution in [2.45, 2.75) is 6.18 Å². The van der Waals surface area contributed by atoms with Crippen molar-refractivity contribution in [3.63, 3.8) is 0 Å². The number of nitrogens with two attached hydrogens (primary N) is 1. The molecule has 0 heterocycles. The molecule has 0 aliphatic rings. The lowest BCUT2D eigenvalue weighted by Crippen LogP contribution is -2.17. The molecule has 0 saturated carbocycles. The van der Waals surface area contributed by atoms with E-state index in [1.54, 1.807) is 0 Å². The molecule has 0 saturated heterocycles. The fraction of sp³-hybridized carbons (Fsp3) is 0.333. The van der Waals surface area contributed by atoms with E-state index in [-0.39, 0.29) is 18.8 Å². The van der Waals surface area contributed by atoms with Crippen molar-refractivity contribution in [3.05, 3.63) is 33.9 Å². The molecule has 0 atom stereocenters. The van der Waals surface area contributed by atoms with Gasteiger partial charge in [0.2, 0.25) is 0 Å². The molecule has 3 N–H and O–H groups in total. The van der Waals surface area contributed by atoms with Crippen molar-refractivity contribution in [1.29, 1.82) is 0 Å². The fourth-order valence-electron chi connectivity index (χ4n) is 1.24. The van der Waals surface area contributed by atoms with Gasteiger partial charge >= 0.3 is 6.18 Å². The van der Waals surface area contributed by atoms with Gasteiger partial charge in [-0.15, -0.1) is 0 Å². The molecule has 1 aromatic carbocycles. The molecule has 5 nitrogen and oxygen atoms in total. The molecule has 8 heteroatoms. The Morgan fingerprint density at radius 2 is 2.06 bits per heavy atom. The molecule has 0 amide bonds. The van der Waals surface area contributed by atoms with Gasteiger partial charge in [0.05, 0.1) is 10.5 Å². The summed E-state index contributed by atoms with van der Waals surface area (Å²) in [6.07, 6.45) is -4.65. The van der Waals surface area contributed by atoms with Crippen LogP contribution in [0.3, 0.4) is 0 Å². The van der Waals surface area contributed by atoms with Crippen molar-refractivity contribution in [3.8, 4) is 0 Å². The Bertz CT molecular complexity index is 420. The topological polar surface area (TPSA) is 81.2 Å². The number of halogens is 3. The van der Waals surface area contributed by atoms with Crippen LogP contribution in [0.15, 0.2) is 18.2 Å². The zero-order valence-electron chi connectivity index (χ0n) is 8.62. The number of alkyl halides is 3. The number of hydrogen-bond donors (Lipinski definition) is 2. The minimum absolute atomic E-state index is 0.154. The summed E-state index contributed by atoms with van der Waals surface area (Å²) in [7, 11) is 0. The number of hydrogen-bond acceptors (Lipinski definition) is 4. The maximum atomic E-state index is 12.6. The molecule has 17 heavy (non-hydrogen) atoms. The summed E-state index contributed by atoms with van der Waals surface area (Å²) in [5.41, 5.74) is 3.28. The lowest BCUT2D eigenvalue weighted by Gasteiger charge is -2.13. The molecule has 94 valence electrons. The van der Waals surface area contributed by atoms with E-state index < -0.39 is 22.4 Å². The standard InChI is InChI=1S/C9H10F3N3O2/c10-9(11,12)7-5-6(15(16)17)1-2-8(7)14-4-3-13/h1-2,5,14H,3-4,13H2. The van der Waals surface area contributed by atoms with Crippen LogP contribution in [0.1, 0.15) is 5.56 Å². The van der Waals surface area contributed by atoms with E-state index in [1.165, 1.54) is 0 Å². The molecular weight excluding hydrogens is 239 g/mol. The van der Waals surface area contributed by atoms with Gasteiger partial charge in [0, 0.05) is 30.9 Å². The van der Waals surface area contributed by atoms with E-state index in [9.17, 15) is 23.3 Å². The summed E-state index contributed by atoms with van der Waals surface area (Å²) in [5.74, 6) is 0. The second kappa shape index (κ2) is 5.00. The van der Waals surface area contributed by atoms with E-state index in [0.29, 0.717) is 6.07 Å². The van der Waals surface area contributed by atoms with Crippen LogP contribution in [0, 0.1) is 10.1 Å². The molecule has 0 spiro atoms. The van der Waals surface area contributed by atoms with E-state index in [4.69, 9.17) is 5.73 Å². The summed E-state index contributed by atoms with van der Waals surface area (Å²) in [6, 6.07) is 2.53. The van der Waals surface area contributed by atoms with Crippen LogP contribution in [0.25, 0.3) is 0 Å². The van der Waals surface area contributed by atoms with Crippen molar-refractivity contribution < 1.29 is 18.1 Å². The lowest BCUT2D eigenvalue weighted by molar-refractivity contribution is -0.385. The summed E-state index contributed by atoms with van der Waals surface area (Å²) in [5, 5.41) is 12.9. The number of benzene rings is 1. The second-order valence-electron chi connectivity index (χ2n) is 3.20. The van der Waals surface area contributed by atoms with Crippen LogP contribution < -0.4 is 11.1 Å². The summed E-state index contributed by atoms with van der Waals surface area (Å²) in [4.78, 5) is 9.53. The molecule has 0 aliphatic carbocycles. The highest BCUT2D eigenvalue weighted by Gasteiger charge is 2.35. The number of nitro benzene ring substituents is 1. The molecule has 1 rings (SSSR count). The van der Waals surface area contributed by atoms with Gasteiger partial charge in [0.25, 0.3) is 5.69 Å². The Morgan fingerprint density at radius 1 is 1.41 bits per heavy atom. The third-order valence-electron chi connectivity index (χ3n) is 1.98. The third kappa shape index (κ3) is 3.31. The molecule has 0 bridgehead atoms. The van der Waals surface area contributed by atoms with Crippen LogP contribution in [0.5, 0.6) is 0 Å². The average Bonchev–Trinajstić information content (AvgIpc) is 2.24. The Labute approximate surface area is 94.6 Å². The van der Waals surface area contributed by atoms with Crippen LogP contribution in [0.4, 0.5) is 24.5 Å². The van der Waals surface area contributed by atoms with Gasteiger partial charge in [0.15, 0.2) is 0 Å². The maximum Gasteiger partial charge on any atom is 0.418 e. The van der Waals surface area contributed by atoms with Crippen molar-refractivity contribution in [1.82, 2.24) is 0 Å². The molecule has 0 radical (unpaired) electrons. The third-order valence-corrected chi connectivity index (χ3v) is 1.98. The zero-order chi connectivity index (χ0) is 13.1. The van der Waals surface area contributed by atoms with E-state index in [2.05, 4.69) is 5.32 Å². The van der Waals surface area contributed by atoms with Gasteiger partial charge in [-0.3, -0.25) is 10.1 Å². The van der Waals surface area contributed by atoms with Crippen LogP contribution in [0.2, 0.25) is 0 Å². The Hall–Kier alpha value is -1.83. The van der Waals surface area contributed by atoms with Gasteiger partial charge in [-0.25, -0.2) is 0 Å². The number of nitrogens with one attached hydrogen (secondary N) is 1. The molecule has 0 fully saturated rings. The molecule has 0 aliphatic heterocycles. The number of nitro groups is 1. The van der Waals surface area contributed by atoms with Crippen LogP contribution in [-0.4, -0.2) is 18.0 Å². The van der Waals surface area contributed by atoms with Gasteiger partial charge < -0.3 is 11.1 Å². The van der Waals surface area contributed by atoms with Gasteiger partial charge in [-0.1, -0.05) is 0 Å². The lowest BCUT2D eigenvalue weighted by atomic mass is 10.1. The largest absolute Gasteiger partial charge is 0.418 e. The monoisotopic (exact) mass is 249 g/mol. The fourth-order valence-corrected chi connectivity index (χ4v) is 1.24. The first-order valence-electron chi connectivity index (χ1n) is 4.66. The maximum absolute atomic E-state index is 12.6. The average molecular weight is 249 g/mol. The van der Waals surface area contributed by atoms with Gasteiger partial charge in [0.1, 0.15) is 0 Å². The van der Waals surface area contributed by atoms with Crippen LogP contribution >= 0.6 is 0 Å². The zero-order valence-corrected chi connectivity index (χ0v) is 8.62. The first-order chi connectivity index (χ1) is 7.86. The van der Waals surface area contributed by atoms with E-state index in [0.717, 1.165) is 12.1 Å². The van der Waals surface area contributed by atoms with Crippen molar-refractivity contribution >= 4 is 11.4 Å². The van der Waals surface area contributed by atoms with Gasteiger partial charge in [-0.2, -0.15) is 13.2 Å². The Morgan fingerprint density at radius 3 is 2.53 bits per heavy atom. The Kier molecular flexibility index (Phi) is 3.89. The summed E-state index contributed by atoms with van der Waals surface area (Å²) < 4.78 is 37.9. The molecule has 1 aromatic rings. The van der Waals surface area contributed by atoms with Crippen molar-refractivity contribution in [2.24, 2.45) is 5.73 Å². The highest BCUT2D eigenvalue weighted by atomic mass is 19.4. The smallest absolute Gasteiger partial charge is 0.383 e. The van der Waals surface area contributed by atoms with Crippen LogP contribution in [-0.2, 0) is 6.18 Å². The molecular formula is C9H10F3N3O2. The quantitative estimate of drug-likeness (QED) is 0.631. The highest BCUT2D eigenvalue weighted by Crippen LogP contribution is 2.36. The minimum atomic E-state index is -4.65.